The van der Waals surface area contributed by atoms with Crippen molar-refractivity contribution in [3.63, 3.8) is 0 Å². The molecular formula is C20H26Cl2N2O2. The summed E-state index contributed by atoms with van der Waals surface area (Å²) in [6.07, 6.45) is 8.19. The molecule has 2 aliphatic rings. The summed E-state index contributed by atoms with van der Waals surface area (Å²) in [5, 5.41) is 0.825. The van der Waals surface area contributed by atoms with Crippen molar-refractivity contribution in [3.8, 4) is 0 Å². The lowest BCUT2D eigenvalue weighted by Crippen LogP contribution is -2.50. The van der Waals surface area contributed by atoms with E-state index in [-0.39, 0.29) is 11.8 Å². The lowest BCUT2D eigenvalue weighted by Gasteiger charge is -2.35. The van der Waals surface area contributed by atoms with Gasteiger partial charge >= 0.3 is 0 Å². The summed E-state index contributed by atoms with van der Waals surface area (Å²) in [5.41, 5.74) is 0.538. The van der Waals surface area contributed by atoms with Crippen molar-refractivity contribution in [1.82, 2.24) is 9.80 Å². The minimum atomic E-state index is -0.0575. The molecule has 1 aliphatic carbocycles. The number of hydrogen-bond donors (Lipinski definition) is 0. The van der Waals surface area contributed by atoms with Crippen molar-refractivity contribution in [2.45, 2.75) is 44.9 Å². The maximum atomic E-state index is 12.6. The van der Waals surface area contributed by atoms with E-state index in [0.717, 1.165) is 12.3 Å². The third-order valence-corrected chi connectivity index (χ3v) is 6.32. The van der Waals surface area contributed by atoms with Crippen molar-refractivity contribution in [1.29, 1.82) is 0 Å². The average Bonchev–Trinajstić information content (AvgIpc) is 2.68. The van der Waals surface area contributed by atoms with Crippen molar-refractivity contribution in [2.24, 2.45) is 5.92 Å². The Hall–Kier alpha value is -1.26. The molecule has 4 nitrogen and oxygen atoms in total. The molecule has 0 aromatic heterocycles. The Morgan fingerprint density at radius 1 is 0.923 bits per heavy atom. The lowest BCUT2D eigenvalue weighted by molar-refractivity contribution is -0.133. The molecule has 0 radical (unpaired) electrons. The Bertz CT molecular complexity index is 651. The van der Waals surface area contributed by atoms with E-state index in [1.54, 1.807) is 23.1 Å². The fraction of sp³-hybridized carbons (Fsp3) is 0.600. The first kappa shape index (κ1) is 19.5. The summed E-state index contributed by atoms with van der Waals surface area (Å²) >= 11 is 11.9. The maximum absolute atomic E-state index is 12.6. The Balaban J connectivity index is 1.46. The molecule has 0 atom stereocenters. The fourth-order valence-electron chi connectivity index (χ4n) is 3.93. The summed E-state index contributed by atoms with van der Waals surface area (Å²) in [4.78, 5) is 28.7. The van der Waals surface area contributed by atoms with Crippen LogP contribution >= 0.6 is 23.2 Å². The van der Waals surface area contributed by atoms with Gasteiger partial charge in [-0.1, -0.05) is 55.3 Å². The highest BCUT2D eigenvalue weighted by molar-refractivity contribution is 6.42. The average molecular weight is 397 g/mol. The molecular weight excluding hydrogens is 371 g/mol. The predicted octanol–water partition coefficient (Wildman–Crippen LogP) is 4.64. The van der Waals surface area contributed by atoms with Gasteiger partial charge in [0.25, 0.3) is 5.91 Å². The molecule has 1 aromatic rings. The van der Waals surface area contributed by atoms with Gasteiger partial charge in [0.15, 0.2) is 0 Å². The smallest absolute Gasteiger partial charge is 0.254 e. The fourth-order valence-corrected chi connectivity index (χ4v) is 4.23. The molecule has 26 heavy (non-hydrogen) atoms. The van der Waals surface area contributed by atoms with Crippen LogP contribution in [0.25, 0.3) is 0 Å². The quantitative estimate of drug-likeness (QED) is 0.743. The van der Waals surface area contributed by atoms with Gasteiger partial charge in [-0.05, 0) is 30.5 Å². The van der Waals surface area contributed by atoms with Crippen LogP contribution in [-0.2, 0) is 4.79 Å². The predicted molar refractivity (Wildman–Crippen MR) is 105 cm³/mol. The third-order valence-electron chi connectivity index (χ3n) is 5.58. The molecule has 1 aromatic carbocycles. The van der Waals surface area contributed by atoms with Crippen LogP contribution < -0.4 is 0 Å². The molecule has 0 unspecified atom stereocenters. The Morgan fingerprint density at radius 2 is 1.58 bits per heavy atom. The number of piperazine rings is 1. The Labute approximate surface area is 165 Å². The number of carbonyl (C=O) groups is 2. The van der Waals surface area contributed by atoms with E-state index < -0.39 is 0 Å². The van der Waals surface area contributed by atoms with Crippen LogP contribution in [-0.4, -0.2) is 47.8 Å². The second-order valence-electron chi connectivity index (χ2n) is 7.34. The first-order chi connectivity index (χ1) is 12.5. The van der Waals surface area contributed by atoms with Crippen LogP contribution in [0.5, 0.6) is 0 Å². The molecule has 1 saturated heterocycles. The number of rotatable bonds is 4. The molecule has 142 valence electrons. The first-order valence-electron chi connectivity index (χ1n) is 9.56. The molecule has 0 spiro atoms. The number of nitrogens with zero attached hydrogens (tertiary/aromatic N) is 2. The molecule has 2 amide bonds. The van der Waals surface area contributed by atoms with Crippen LogP contribution in [0.4, 0.5) is 0 Å². The molecule has 1 saturated carbocycles. The molecule has 6 heteroatoms. The third kappa shape index (κ3) is 4.92. The van der Waals surface area contributed by atoms with Crippen molar-refractivity contribution in [3.05, 3.63) is 33.8 Å². The molecule has 2 fully saturated rings. The first-order valence-corrected chi connectivity index (χ1v) is 10.3. The van der Waals surface area contributed by atoms with Gasteiger partial charge in [0, 0.05) is 38.2 Å². The van der Waals surface area contributed by atoms with Crippen LogP contribution in [0.3, 0.4) is 0 Å². The van der Waals surface area contributed by atoms with Gasteiger partial charge < -0.3 is 9.80 Å². The summed E-state index contributed by atoms with van der Waals surface area (Å²) in [5.74, 6) is 0.903. The second-order valence-corrected chi connectivity index (χ2v) is 8.16. The Kier molecular flexibility index (Phi) is 6.82. The molecule has 3 rings (SSSR count). The number of hydrogen-bond acceptors (Lipinski definition) is 2. The monoisotopic (exact) mass is 396 g/mol. The van der Waals surface area contributed by atoms with Crippen molar-refractivity contribution in [2.75, 3.05) is 26.2 Å². The molecule has 0 bridgehead atoms. The largest absolute Gasteiger partial charge is 0.339 e. The second kappa shape index (κ2) is 9.09. The van der Waals surface area contributed by atoms with E-state index in [0.29, 0.717) is 48.2 Å². The van der Waals surface area contributed by atoms with Crippen molar-refractivity contribution < 1.29 is 9.59 Å². The van der Waals surface area contributed by atoms with E-state index in [1.807, 2.05) is 4.90 Å². The highest BCUT2D eigenvalue weighted by atomic mass is 35.5. The number of carbonyl (C=O) groups excluding carboxylic acids is 2. The van der Waals surface area contributed by atoms with Gasteiger partial charge in [-0.25, -0.2) is 0 Å². The highest BCUT2D eigenvalue weighted by Gasteiger charge is 2.25. The molecule has 1 aliphatic heterocycles. The van der Waals surface area contributed by atoms with E-state index in [9.17, 15) is 9.59 Å². The minimum Gasteiger partial charge on any atom is -0.339 e. The van der Waals surface area contributed by atoms with Gasteiger partial charge in [0.1, 0.15) is 0 Å². The van der Waals surface area contributed by atoms with E-state index in [1.165, 1.54) is 32.1 Å². The van der Waals surface area contributed by atoms with Crippen molar-refractivity contribution >= 4 is 35.0 Å². The standard InChI is InChI=1S/C20H26Cl2N2O2/c21-17-8-7-16(14-18(17)22)20(26)24-12-10-23(11-13-24)19(25)9-6-15-4-2-1-3-5-15/h7-8,14-15H,1-6,9-13H2. The summed E-state index contributed by atoms with van der Waals surface area (Å²) in [6, 6.07) is 4.94. The normalized spacial score (nSPS) is 18.8. The zero-order valence-electron chi connectivity index (χ0n) is 15.1. The highest BCUT2D eigenvalue weighted by Crippen LogP contribution is 2.27. The minimum absolute atomic E-state index is 0.0575. The summed E-state index contributed by atoms with van der Waals surface area (Å²) in [6.45, 7) is 2.34. The topological polar surface area (TPSA) is 40.6 Å². The van der Waals surface area contributed by atoms with Gasteiger partial charge in [0.2, 0.25) is 5.91 Å². The van der Waals surface area contributed by atoms with Crippen LogP contribution in [0.2, 0.25) is 10.0 Å². The molecule has 1 heterocycles. The van der Waals surface area contributed by atoms with E-state index >= 15 is 0 Å². The number of benzene rings is 1. The van der Waals surface area contributed by atoms with Gasteiger partial charge in [-0.3, -0.25) is 9.59 Å². The number of halogens is 2. The van der Waals surface area contributed by atoms with Crippen LogP contribution in [0.1, 0.15) is 55.3 Å². The zero-order valence-corrected chi connectivity index (χ0v) is 16.6. The maximum Gasteiger partial charge on any atom is 0.254 e. The summed E-state index contributed by atoms with van der Waals surface area (Å²) < 4.78 is 0. The van der Waals surface area contributed by atoms with Gasteiger partial charge in [-0.2, -0.15) is 0 Å². The van der Waals surface area contributed by atoms with E-state index in [4.69, 9.17) is 23.2 Å². The van der Waals surface area contributed by atoms with Gasteiger partial charge in [-0.15, -0.1) is 0 Å². The zero-order chi connectivity index (χ0) is 18.5. The SMILES string of the molecule is O=C(CCC1CCCCC1)N1CCN(C(=O)c2ccc(Cl)c(Cl)c2)CC1. The Morgan fingerprint density at radius 3 is 2.23 bits per heavy atom. The van der Waals surface area contributed by atoms with Crippen LogP contribution in [0.15, 0.2) is 18.2 Å². The molecule has 0 N–H and O–H groups in total. The van der Waals surface area contributed by atoms with Gasteiger partial charge in [0.05, 0.1) is 10.0 Å². The van der Waals surface area contributed by atoms with E-state index in [2.05, 4.69) is 0 Å². The summed E-state index contributed by atoms with van der Waals surface area (Å²) in [7, 11) is 0. The lowest BCUT2D eigenvalue weighted by atomic mass is 9.86. The number of amides is 2. The van der Waals surface area contributed by atoms with Crippen LogP contribution in [0, 0.1) is 5.92 Å².